The zero-order valence-corrected chi connectivity index (χ0v) is 12.2. The molecule has 5 nitrogen and oxygen atoms in total. The topological polar surface area (TPSA) is 66.8 Å². The van der Waals surface area contributed by atoms with E-state index in [4.69, 9.17) is 9.84 Å². The van der Waals surface area contributed by atoms with E-state index in [9.17, 15) is 9.59 Å². The van der Waals surface area contributed by atoms with Crippen LogP contribution in [0, 0.1) is 5.92 Å². The van der Waals surface area contributed by atoms with Crippen molar-refractivity contribution in [2.75, 3.05) is 13.1 Å². The van der Waals surface area contributed by atoms with Crippen LogP contribution in [0.1, 0.15) is 25.3 Å². The highest BCUT2D eigenvalue weighted by Gasteiger charge is 2.30. The molecule has 0 saturated carbocycles. The zero-order chi connectivity index (χ0) is 15.2. The Labute approximate surface area is 124 Å². The van der Waals surface area contributed by atoms with Gasteiger partial charge in [-0.2, -0.15) is 0 Å². The Morgan fingerprint density at radius 1 is 1.38 bits per heavy atom. The van der Waals surface area contributed by atoms with Crippen molar-refractivity contribution in [3.63, 3.8) is 0 Å². The van der Waals surface area contributed by atoms with Crippen LogP contribution in [0.4, 0.5) is 0 Å². The third-order valence-electron chi connectivity index (χ3n) is 3.75. The summed E-state index contributed by atoms with van der Waals surface area (Å²) < 4.78 is 5.61. The molecule has 1 amide bonds. The molecule has 2 unspecified atom stereocenters. The van der Waals surface area contributed by atoms with E-state index in [0.717, 1.165) is 12.0 Å². The lowest BCUT2D eigenvalue weighted by atomic mass is 10.1. The molecule has 1 aromatic carbocycles. The Morgan fingerprint density at radius 2 is 2.10 bits per heavy atom. The number of nitrogens with zero attached hydrogens (tertiary/aromatic N) is 1. The van der Waals surface area contributed by atoms with Crippen molar-refractivity contribution in [3.8, 4) is 0 Å². The second-order valence-corrected chi connectivity index (χ2v) is 5.48. The maximum Gasteiger partial charge on any atom is 0.303 e. The number of ether oxygens (including phenoxy) is 1. The van der Waals surface area contributed by atoms with Crippen LogP contribution in [0.15, 0.2) is 30.3 Å². The number of benzene rings is 1. The Kier molecular flexibility index (Phi) is 5.33. The molecular formula is C16H21NO4. The number of carbonyl (C=O) groups is 2. The summed E-state index contributed by atoms with van der Waals surface area (Å²) in [6, 6.07) is 9.71. The Balaban J connectivity index is 1.79. The largest absolute Gasteiger partial charge is 0.481 e. The lowest BCUT2D eigenvalue weighted by Gasteiger charge is -2.21. The molecule has 2 atom stereocenters. The monoisotopic (exact) mass is 291 g/mol. The van der Waals surface area contributed by atoms with Gasteiger partial charge >= 0.3 is 5.97 Å². The molecule has 1 heterocycles. The molecule has 1 aliphatic rings. The zero-order valence-electron chi connectivity index (χ0n) is 12.2. The number of hydrogen-bond donors (Lipinski definition) is 1. The van der Waals surface area contributed by atoms with Crippen molar-refractivity contribution in [1.82, 2.24) is 4.90 Å². The number of rotatable bonds is 6. The maximum atomic E-state index is 12.3. The van der Waals surface area contributed by atoms with Crippen LogP contribution in [-0.4, -0.2) is 41.1 Å². The number of carboxylic acids is 1. The minimum Gasteiger partial charge on any atom is -0.481 e. The van der Waals surface area contributed by atoms with Crippen molar-refractivity contribution >= 4 is 11.9 Å². The van der Waals surface area contributed by atoms with Gasteiger partial charge < -0.3 is 14.7 Å². The van der Waals surface area contributed by atoms with Crippen LogP contribution < -0.4 is 0 Å². The minimum atomic E-state index is -0.803. The van der Waals surface area contributed by atoms with Gasteiger partial charge in [0.1, 0.15) is 6.10 Å². The molecule has 114 valence electrons. The molecule has 1 aromatic rings. The minimum absolute atomic E-state index is 0.0566. The van der Waals surface area contributed by atoms with Gasteiger partial charge in [0, 0.05) is 19.5 Å². The molecule has 2 rings (SSSR count). The molecular weight excluding hydrogens is 270 g/mol. The maximum absolute atomic E-state index is 12.3. The fourth-order valence-electron chi connectivity index (χ4n) is 2.57. The first kappa shape index (κ1) is 15.5. The van der Waals surface area contributed by atoms with Gasteiger partial charge in [-0.25, -0.2) is 0 Å². The van der Waals surface area contributed by atoms with Crippen LogP contribution in [0.2, 0.25) is 0 Å². The van der Waals surface area contributed by atoms with Crippen molar-refractivity contribution in [2.24, 2.45) is 5.92 Å². The van der Waals surface area contributed by atoms with Crippen LogP contribution in [0.5, 0.6) is 0 Å². The van der Waals surface area contributed by atoms with Crippen LogP contribution in [0.3, 0.4) is 0 Å². The van der Waals surface area contributed by atoms with Gasteiger partial charge in [0.15, 0.2) is 0 Å². The van der Waals surface area contributed by atoms with E-state index >= 15 is 0 Å². The normalized spacial score (nSPS) is 19.5. The molecule has 0 radical (unpaired) electrons. The number of aliphatic carboxylic acids is 1. The van der Waals surface area contributed by atoms with E-state index in [1.54, 1.807) is 11.8 Å². The molecule has 1 aliphatic heterocycles. The van der Waals surface area contributed by atoms with Gasteiger partial charge in [0.05, 0.1) is 6.61 Å². The van der Waals surface area contributed by atoms with E-state index in [0.29, 0.717) is 19.7 Å². The van der Waals surface area contributed by atoms with E-state index in [1.807, 2.05) is 30.3 Å². The molecule has 0 spiro atoms. The summed E-state index contributed by atoms with van der Waals surface area (Å²) in [5, 5.41) is 8.79. The SMILES string of the molecule is CC(OCc1ccccc1)C(=O)N1CCC(CC(=O)O)C1. The van der Waals surface area contributed by atoms with Gasteiger partial charge in [-0.3, -0.25) is 9.59 Å². The van der Waals surface area contributed by atoms with Gasteiger partial charge in [-0.1, -0.05) is 30.3 Å². The first-order valence-corrected chi connectivity index (χ1v) is 7.22. The molecule has 0 bridgehead atoms. The predicted octanol–water partition coefficient (Wildman–Crippen LogP) is 1.91. The summed E-state index contributed by atoms with van der Waals surface area (Å²) in [6.45, 7) is 3.29. The Hall–Kier alpha value is -1.88. The third-order valence-corrected chi connectivity index (χ3v) is 3.75. The van der Waals surface area contributed by atoms with Crippen molar-refractivity contribution < 1.29 is 19.4 Å². The quantitative estimate of drug-likeness (QED) is 0.869. The average Bonchev–Trinajstić information content (AvgIpc) is 2.92. The summed E-state index contributed by atoms with van der Waals surface area (Å²) in [4.78, 5) is 24.7. The van der Waals surface area contributed by atoms with Crippen LogP contribution >= 0.6 is 0 Å². The number of amides is 1. The number of carbonyl (C=O) groups excluding carboxylic acids is 1. The standard InChI is InChI=1S/C16H21NO4/c1-12(21-11-13-5-3-2-4-6-13)16(20)17-8-7-14(10-17)9-15(18)19/h2-6,12,14H,7-11H2,1H3,(H,18,19). The first-order valence-electron chi connectivity index (χ1n) is 7.22. The van der Waals surface area contributed by atoms with Gasteiger partial charge in [0.25, 0.3) is 5.91 Å². The Bertz CT molecular complexity index is 488. The first-order chi connectivity index (χ1) is 10.1. The highest BCUT2D eigenvalue weighted by molar-refractivity contribution is 5.81. The average molecular weight is 291 g/mol. The molecule has 0 aromatic heterocycles. The van der Waals surface area contributed by atoms with Crippen molar-refractivity contribution in [3.05, 3.63) is 35.9 Å². The van der Waals surface area contributed by atoms with E-state index in [2.05, 4.69) is 0 Å². The van der Waals surface area contributed by atoms with E-state index in [1.165, 1.54) is 0 Å². The van der Waals surface area contributed by atoms with Gasteiger partial charge in [-0.05, 0) is 24.8 Å². The van der Waals surface area contributed by atoms with Crippen LogP contribution in [-0.2, 0) is 20.9 Å². The molecule has 1 N–H and O–H groups in total. The van der Waals surface area contributed by atoms with Crippen molar-refractivity contribution in [1.29, 1.82) is 0 Å². The number of carboxylic acid groups (broad SMARTS) is 1. The molecule has 5 heteroatoms. The number of likely N-dealkylation sites (tertiary alicyclic amines) is 1. The highest BCUT2D eigenvalue weighted by Crippen LogP contribution is 2.20. The third kappa shape index (κ3) is 4.56. The summed E-state index contributed by atoms with van der Waals surface area (Å²) in [5.74, 6) is -0.797. The lowest BCUT2D eigenvalue weighted by molar-refractivity contribution is -0.143. The fourth-order valence-corrected chi connectivity index (χ4v) is 2.57. The van der Waals surface area contributed by atoms with Crippen molar-refractivity contribution in [2.45, 2.75) is 32.5 Å². The van der Waals surface area contributed by atoms with E-state index in [-0.39, 0.29) is 18.2 Å². The van der Waals surface area contributed by atoms with Gasteiger partial charge in [0.2, 0.25) is 0 Å². The second kappa shape index (κ2) is 7.22. The predicted molar refractivity (Wildman–Crippen MR) is 77.6 cm³/mol. The van der Waals surface area contributed by atoms with Crippen LogP contribution in [0.25, 0.3) is 0 Å². The highest BCUT2D eigenvalue weighted by atomic mass is 16.5. The summed E-state index contributed by atoms with van der Waals surface area (Å²) in [5.41, 5.74) is 1.03. The second-order valence-electron chi connectivity index (χ2n) is 5.48. The summed E-state index contributed by atoms with van der Waals surface area (Å²) in [7, 11) is 0. The fraction of sp³-hybridized carbons (Fsp3) is 0.500. The summed E-state index contributed by atoms with van der Waals surface area (Å²) >= 11 is 0. The summed E-state index contributed by atoms with van der Waals surface area (Å²) in [6.07, 6.45) is 0.376. The number of hydrogen-bond acceptors (Lipinski definition) is 3. The molecule has 21 heavy (non-hydrogen) atoms. The molecule has 0 aliphatic carbocycles. The Morgan fingerprint density at radius 3 is 2.76 bits per heavy atom. The smallest absolute Gasteiger partial charge is 0.303 e. The molecule has 1 saturated heterocycles. The van der Waals surface area contributed by atoms with Gasteiger partial charge in [-0.15, -0.1) is 0 Å². The lowest BCUT2D eigenvalue weighted by Crippen LogP contribution is -2.37. The van der Waals surface area contributed by atoms with E-state index < -0.39 is 12.1 Å². The molecule has 1 fully saturated rings.